The topological polar surface area (TPSA) is 94.4 Å². The van der Waals surface area contributed by atoms with Crippen LogP contribution < -0.4 is 5.32 Å². The number of halogens is 1. The third-order valence-electron chi connectivity index (χ3n) is 4.43. The summed E-state index contributed by atoms with van der Waals surface area (Å²) >= 11 is 1.04. The number of aliphatic carboxylic acids is 1. The Morgan fingerprint density at radius 2 is 2.15 bits per heavy atom. The van der Waals surface area contributed by atoms with Gasteiger partial charge in [-0.15, -0.1) is 5.10 Å². The fraction of sp³-hybridized carbons (Fsp3) is 0.444. The molecule has 1 atom stereocenters. The Balaban J connectivity index is 1.68. The van der Waals surface area contributed by atoms with Crippen molar-refractivity contribution in [3.05, 3.63) is 35.1 Å². The van der Waals surface area contributed by atoms with E-state index in [1.165, 1.54) is 24.8 Å². The number of benzene rings is 1. The number of amidine groups is 1. The molecular formula is C18H21FN4O3S. The van der Waals surface area contributed by atoms with E-state index in [-0.39, 0.29) is 23.3 Å². The number of likely N-dealkylation sites (tertiary alicyclic amines) is 1. The molecule has 3 rings (SSSR count). The Morgan fingerprint density at radius 1 is 1.37 bits per heavy atom. The molecule has 0 saturated carbocycles. The number of nitrogens with one attached hydrogen (secondary N) is 1. The fourth-order valence-corrected chi connectivity index (χ4v) is 4.00. The molecule has 2 aliphatic rings. The molecule has 7 nitrogen and oxygen atoms in total. The molecule has 1 amide bonds. The number of carbonyl (C=O) groups is 2. The number of thioether (sulfide) groups is 1. The van der Waals surface area contributed by atoms with E-state index in [1.807, 2.05) is 0 Å². The highest BCUT2D eigenvalue weighted by Crippen LogP contribution is 2.22. The maximum Gasteiger partial charge on any atom is 0.305 e. The van der Waals surface area contributed by atoms with E-state index in [1.54, 1.807) is 6.07 Å². The van der Waals surface area contributed by atoms with Gasteiger partial charge in [-0.2, -0.15) is 5.10 Å². The number of hydrogen-bond acceptors (Lipinski definition) is 6. The zero-order valence-corrected chi connectivity index (χ0v) is 15.5. The van der Waals surface area contributed by atoms with Crippen molar-refractivity contribution in [2.45, 2.75) is 37.5 Å². The predicted octanol–water partition coefficient (Wildman–Crippen LogP) is 2.21. The SMILES string of the molecule is O=C(O)CC1SC(=NN=Cc2ccc(F)cc2CN2CCCCC2)NC1=O. The number of carboxylic acid groups (broad SMARTS) is 1. The van der Waals surface area contributed by atoms with Crippen LogP contribution in [0.25, 0.3) is 0 Å². The molecule has 1 aromatic carbocycles. The average Bonchev–Trinajstić information content (AvgIpc) is 2.96. The molecule has 2 fully saturated rings. The Hall–Kier alpha value is -2.26. The van der Waals surface area contributed by atoms with Crippen molar-refractivity contribution in [3.63, 3.8) is 0 Å². The van der Waals surface area contributed by atoms with Crippen LogP contribution >= 0.6 is 11.8 Å². The van der Waals surface area contributed by atoms with Crippen LogP contribution in [0.3, 0.4) is 0 Å². The third-order valence-corrected chi connectivity index (χ3v) is 5.50. The molecule has 0 spiro atoms. The number of carbonyl (C=O) groups excluding carboxylic acids is 1. The van der Waals surface area contributed by atoms with Gasteiger partial charge in [0, 0.05) is 6.54 Å². The van der Waals surface area contributed by atoms with Crippen LogP contribution in [-0.2, 0) is 16.1 Å². The van der Waals surface area contributed by atoms with Gasteiger partial charge in [0.1, 0.15) is 11.1 Å². The molecule has 144 valence electrons. The van der Waals surface area contributed by atoms with Crippen LogP contribution in [0.1, 0.15) is 36.8 Å². The van der Waals surface area contributed by atoms with Crippen LogP contribution in [0.5, 0.6) is 0 Å². The first-order valence-electron chi connectivity index (χ1n) is 8.82. The van der Waals surface area contributed by atoms with E-state index in [4.69, 9.17) is 5.11 Å². The summed E-state index contributed by atoms with van der Waals surface area (Å²) in [6.45, 7) is 2.66. The van der Waals surface area contributed by atoms with Crippen LogP contribution in [-0.4, -0.2) is 51.6 Å². The van der Waals surface area contributed by atoms with Gasteiger partial charge in [0.15, 0.2) is 5.17 Å². The number of piperidine rings is 1. The molecule has 2 saturated heterocycles. The first kappa shape index (κ1) is 19.5. The van der Waals surface area contributed by atoms with E-state index in [0.717, 1.165) is 48.8 Å². The number of hydrogen-bond donors (Lipinski definition) is 2. The molecule has 1 unspecified atom stereocenters. The Bertz CT molecular complexity index is 778. The van der Waals surface area contributed by atoms with Crippen molar-refractivity contribution in [1.29, 1.82) is 0 Å². The molecule has 27 heavy (non-hydrogen) atoms. The van der Waals surface area contributed by atoms with Crippen molar-refractivity contribution in [1.82, 2.24) is 10.2 Å². The lowest BCUT2D eigenvalue weighted by Gasteiger charge is -2.26. The molecule has 9 heteroatoms. The molecule has 2 N–H and O–H groups in total. The molecule has 2 heterocycles. The molecule has 0 aliphatic carbocycles. The van der Waals surface area contributed by atoms with E-state index in [9.17, 15) is 14.0 Å². The quantitative estimate of drug-likeness (QED) is 0.572. The minimum Gasteiger partial charge on any atom is -0.481 e. The Morgan fingerprint density at radius 3 is 2.89 bits per heavy atom. The van der Waals surface area contributed by atoms with Gasteiger partial charge in [0.2, 0.25) is 5.91 Å². The van der Waals surface area contributed by atoms with E-state index < -0.39 is 11.2 Å². The number of amides is 1. The number of nitrogens with zero attached hydrogens (tertiary/aromatic N) is 3. The number of carboxylic acids is 1. The molecule has 1 aromatic rings. The van der Waals surface area contributed by atoms with Crippen molar-refractivity contribution >= 4 is 35.0 Å². The van der Waals surface area contributed by atoms with Crippen molar-refractivity contribution in [2.24, 2.45) is 10.2 Å². The minimum atomic E-state index is -1.04. The predicted molar refractivity (Wildman–Crippen MR) is 102 cm³/mol. The van der Waals surface area contributed by atoms with E-state index in [0.29, 0.717) is 6.54 Å². The lowest BCUT2D eigenvalue weighted by molar-refractivity contribution is -0.138. The van der Waals surface area contributed by atoms with Crippen LogP contribution in [0.15, 0.2) is 28.4 Å². The highest BCUT2D eigenvalue weighted by atomic mass is 32.2. The molecule has 2 aliphatic heterocycles. The highest BCUT2D eigenvalue weighted by Gasteiger charge is 2.32. The van der Waals surface area contributed by atoms with E-state index >= 15 is 0 Å². The van der Waals surface area contributed by atoms with Crippen molar-refractivity contribution in [2.75, 3.05) is 13.1 Å². The monoisotopic (exact) mass is 392 g/mol. The summed E-state index contributed by atoms with van der Waals surface area (Å²) in [5.74, 6) is -1.72. The van der Waals surface area contributed by atoms with Gasteiger partial charge < -0.3 is 10.4 Å². The van der Waals surface area contributed by atoms with Gasteiger partial charge in [-0.3, -0.25) is 14.5 Å². The lowest BCUT2D eigenvalue weighted by Crippen LogP contribution is -2.29. The van der Waals surface area contributed by atoms with Crippen LogP contribution in [0.4, 0.5) is 4.39 Å². The molecule has 0 aromatic heterocycles. The first-order valence-corrected chi connectivity index (χ1v) is 9.70. The second kappa shape index (κ2) is 9.09. The second-order valence-corrected chi connectivity index (χ2v) is 7.71. The maximum absolute atomic E-state index is 13.7. The summed E-state index contributed by atoms with van der Waals surface area (Å²) in [4.78, 5) is 24.7. The smallest absolute Gasteiger partial charge is 0.305 e. The zero-order chi connectivity index (χ0) is 19.2. The van der Waals surface area contributed by atoms with Crippen LogP contribution in [0.2, 0.25) is 0 Å². The van der Waals surface area contributed by atoms with Gasteiger partial charge in [-0.25, -0.2) is 4.39 Å². The standard InChI is InChI=1S/C18H21FN4O3S/c19-14-5-4-12(13(8-14)11-23-6-2-1-3-7-23)10-20-22-18-21-17(26)15(27-18)9-16(24)25/h4-5,8,10,15H,1-3,6-7,9,11H2,(H,24,25)(H,21,22,26). The van der Waals surface area contributed by atoms with Gasteiger partial charge in [0.05, 0.1) is 12.6 Å². The summed E-state index contributed by atoms with van der Waals surface area (Å²) in [6, 6.07) is 4.55. The van der Waals surface area contributed by atoms with Gasteiger partial charge in [0.25, 0.3) is 0 Å². The third kappa shape index (κ3) is 5.61. The van der Waals surface area contributed by atoms with Crippen molar-refractivity contribution in [3.8, 4) is 0 Å². The van der Waals surface area contributed by atoms with E-state index in [2.05, 4.69) is 20.4 Å². The summed E-state index contributed by atoms with van der Waals surface area (Å²) in [6.07, 6.45) is 4.81. The molecule has 0 radical (unpaired) electrons. The van der Waals surface area contributed by atoms with Gasteiger partial charge in [-0.05, 0) is 49.2 Å². The number of rotatable bonds is 6. The second-order valence-electron chi connectivity index (χ2n) is 6.52. The summed E-state index contributed by atoms with van der Waals surface area (Å²) in [5, 5.41) is 18.8. The summed E-state index contributed by atoms with van der Waals surface area (Å²) < 4.78 is 13.7. The largest absolute Gasteiger partial charge is 0.481 e. The maximum atomic E-state index is 13.7. The average molecular weight is 392 g/mol. The molecular weight excluding hydrogens is 371 g/mol. The summed E-state index contributed by atoms with van der Waals surface area (Å²) in [5.41, 5.74) is 1.61. The fourth-order valence-electron chi connectivity index (χ4n) is 3.08. The van der Waals surface area contributed by atoms with Crippen LogP contribution in [0, 0.1) is 5.82 Å². The normalized spacial score (nSPS) is 22.5. The van der Waals surface area contributed by atoms with Gasteiger partial charge >= 0.3 is 5.97 Å². The van der Waals surface area contributed by atoms with Crippen molar-refractivity contribution < 1.29 is 19.1 Å². The highest BCUT2D eigenvalue weighted by molar-refractivity contribution is 8.15. The Labute approximate surface area is 160 Å². The Kier molecular flexibility index (Phi) is 6.57. The lowest BCUT2D eigenvalue weighted by atomic mass is 10.1. The summed E-state index contributed by atoms with van der Waals surface area (Å²) in [7, 11) is 0. The molecule has 0 bridgehead atoms. The minimum absolute atomic E-state index is 0.266. The van der Waals surface area contributed by atoms with Gasteiger partial charge in [-0.1, -0.05) is 24.2 Å². The zero-order valence-electron chi connectivity index (χ0n) is 14.7. The first-order chi connectivity index (χ1) is 13.0.